The molecule has 0 unspecified atom stereocenters. The van der Waals surface area contributed by atoms with Crippen molar-refractivity contribution in [2.45, 2.75) is 26.9 Å². The molecule has 6 nitrogen and oxygen atoms in total. The summed E-state index contributed by atoms with van der Waals surface area (Å²) in [6.45, 7) is 5.58. The van der Waals surface area contributed by atoms with Crippen molar-refractivity contribution in [3.05, 3.63) is 107 Å². The molecule has 5 rings (SSSR count). The summed E-state index contributed by atoms with van der Waals surface area (Å²) in [4.78, 5) is 0. The van der Waals surface area contributed by atoms with Crippen LogP contribution < -0.4 is 10.6 Å². The number of H-pyrrole nitrogens is 2. The molecule has 0 atom stereocenters. The van der Waals surface area contributed by atoms with E-state index in [2.05, 4.69) is 118 Å². The Hall–Kier alpha value is -3.74. The Labute approximate surface area is 223 Å². The maximum Gasteiger partial charge on any atom is 0.148 e. The smallest absolute Gasteiger partial charge is 0.148 e. The van der Waals surface area contributed by atoms with Crippen molar-refractivity contribution < 1.29 is 0 Å². The molecule has 2 aromatic heterocycles. The number of hydrogen-bond acceptors (Lipinski definition) is 4. The van der Waals surface area contributed by atoms with Gasteiger partial charge in [0.05, 0.1) is 11.4 Å². The van der Waals surface area contributed by atoms with Gasteiger partial charge in [-0.05, 0) is 36.1 Å². The molecule has 0 fully saturated rings. The zero-order valence-corrected chi connectivity index (χ0v) is 21.8. The highest BCUT2D eigenvalue weighted by Crippen LogP contribution is 2.22. The summed E-state index contributed by atoms with van der Waals surface area (Å²) in [5.74, 6) is 1.67. The fourth-order valence-electron chi connectivity index (χ4n) is 3.82. The third-order valence-electron chi connectivity index (χ3n) is 5.82. The number of rotatable bonds is 8. The van der Waals surface area contributed by atoms with Crippen LogP contribution in [0.5, 0.6) is 0 Å². The SMILES string of the molecule is Cc1ccc(-c2cc(NCc3cccc(CNc4cc(-c5ccc(C)cc5)[nH]n4)c3)n[nH]2)cc1.Cl.Cl. The maximum atomic E-state index is 4.40. The Kier molecular flexibility index (Phi) is 9.17. The Bertz CT molecular complexity index is 1270. The van der Waals surface area contributed by atoms with Crippen molar-refractivity contribution in [2.24, 2.45) is 0 Å². The summed E-state index contributed by atoms with van der Waals surface area (Å²) in [6, 6.07) is 29.4. The van der Waals surface area contributed by atoms with Crippen LogP contribution in [-0.2, 0) is 13.1 Å². The highest BCUT2D eigenvalue weighted by atomic mass is 35.5. The van der Waals surface area contributed by atoms with Crippen LogP contribution in [0.25, 0.3) is 22.5 Å². The van der Waals surface area contributed by atoms with Crippen molar-refractivity contribution in [1.82, 2.24) is 20.4 Å². The monoisotopic (exact) mass is 520 g/mol. The fourth-order valence-corrected chi connectivity index (χ4v) is 3.82. The minimum absolute atomic E-state index is 0. The largest absolute Gasteiger partial charge is 0.365 e. The highest BCUT2D eigenvalue weighted by molar-refractivity contribution is 5.85. The molecule has 36 heavy (non-hydrogen) atoms. The molecule has 4 N–H and O–H groups in total. The fraction of sp³-hybridized carbons (Fsp3) is 0.143. The van der Waals surface area contributed by atoms with E-state index in [9.17, 15) is 0 Å². The van der Waals surface area contributed by atoms with Crippen LogP contribution in [0.15, 0.2) is 84.9 Å². The molecule has 5 aromatic rings. The number of nitrogens with one attached hydrogen (secondary N) is 4. The summed E-state index contributed by atoms with van der Waals surface area (Å²) in [5.41, 5.74) is 9.15. The summed E-state index contributed by atoms with van der Waals surface area (Å²) >= 11 is 0. The van der Waals surface area contributed by atoms with E-state index in [0.29, 0.717) is 13.1 Å². The lowest BCUT2D eigenvalue weighted by molar-refractivity contribution is 1.03. The molecular weight excluding hydrogens is 491 g/mol. The number of aromatic nitrogens is 4. The lowest BCUT2D eigenvalue weighted by atomic mass is 10.1. The normalized spacial score (nSPS) is 10.3. The van der Waals surface area contributed by atoms with Gasteiger partial charge in [0.15, 0.2) is 0 Å². The molecule has 0 spiro atoms. The van der Waals surface area contributed by atoms with Crippen LogP contribution in [0.2, 0.25) is 0 Å². The van der Waals surface area contributed by atoms with Crippen molar-refractivity contribution in [2.75, 3.05) is 10.6 Å². The average molecular weight is 521 g/mol. The Morgan fingerprint density at radius 1 is 0.583 bits per heavy atom. The maximum absolute atomic E-state index is 4.40. The molecule has 8 heteroatoms. The van der Waals surface area contributed by atoms with Crippen LogP contribution in [-0.4, -0.2) is 20.4 Å². The van der Waals surface area contributed by atoms with Gasteiger partial charge in [0.2, 0.25) is 0 Å². The van der Waals surface area contributed by atoms with Crippen LogP contribution in [0.3, 0.4) is 0 Å². The molecule has 0 bridgehead atoms. The second kappa shape index (κ2) is 12.3. The standard InChI is InChI=1S/C28H28N6.2ClH/c1-19-6-10-23(11-7-19)25-15-27(33-31-25)29-17-21-4-3-5-22(14-21)18-30-28-16-26(32-34-28)24-12-8-20(2)9-13-24;;/h3-16H,17-18H2,1-2H3,(H2,29,31,33)(H2,30,32,34);2*1H. The Morgan fingerprint density at radius 3 is 1.42 bits per heavy atom. The molecule has 0 radical (unpaired) electrons. The number of anilines is 2. The van der Waals surface area contributed by atoms with Gasteiger partial charge in [-0.3, -0.25) is 10.2 Å². The van der Waals surface area contributed by atoms with Crippen LogP contribution in [0.4, 0.5) is 11.6 Å². The number of aryl methyl sites for hydroxylation is 2. The molecular formula is C28H30Cl2N6. The van der Waals surface area contributed by atoms with Gasteiger partial charge in [-0.1, -0.05) is 83.9 Å². The first kappa shape index (κ1) is 26.9. The zero-order valence-electron chi connectivity index (χ0n) is 20.2. The number of aromatic amines is 2. The zero-order chi connectivity index (χ0) is 23.3. The molecule has 0 saturated carbocycles. The summed E-state index contributed by atoms with van der Waals surface area (Å²) < 4.78 is 0. The van der Waals surface area contributed by atoms with Gasteiger partial charge in [0.25, 0.3) is 0 Å². The van der Waals surface area contributed by atoms with E-state index >= 15 is 0 Å². The van der Waals surface area contributed by atoms with Crippen molar-refractivity contribution in [1.29, 1.82) is 0 Å². The van der Waals surface area contributed by atoms with E-state index in [-0.39, 0.29) is 24.8 Å². The van der Waals surface area contributed by atoms with Gasteiger partial charge in [-0.15, -0.1) is 24.8 Å². The Morgan fingerprint density at radius 2 is 1.00 bits per heavy atom. The predicted octanol–water partition coefficient (Wildman–Crippen LogP) is 7.15. The molecule has 0 aliphatic heterocycles. The van der Waals surface area contributed by atoms with Crippen LogP contribution in [0.1, 0.15) is 22.3 Å². The van der Waals surface area contributed by atoms with Crippen molar-refractivity contribution in [3.8, 4) is 22.5 Å². The number of benzene rings is 3. The first-order chi connectivity index (χ1) is 16.6. The lowest BCUT2D eigenvalue weighted by Crippen LogP contribution is -2.03. The molecule has 2 heterocycles. The van der Waals surface area contributed by atoms with Gasteiger partial charge in [-0.25, -0.2) is 0 Å². The average Bonchev–Trinajstić information content (AvgIpc) is 3.53. The minimum atomic E-state index is 0. The van der Waals surface area contributed by atoms with Gasteiger partial charge in [0.1, 0.15) is 11.6 Å². The summed E-state index contributed by atoms with van der Waals surface area (Å²) in [7, 11) is 0. The van der Waals surface area contributed by atoms with Crippen molar-refractivity contribution >= 4 is 36.4 Å². The quantitative estimate of drug-likeness (QED) is 0.175. The van der Waals surface area contributed by atoms with Crippen LogP contribution >= 0.6 is 24.8 Å². The van der Waals surface area contributed by atoms with Gasteiger partial charge >= 0.3 is 0 Å². The van der Waals surface area contributed by atoms with E-state index in [1.807, 2.05) is 12.1 Å². The van der Waals surface area contributed by atoms with E-state index in [4.69, 9.17) is 0 Å². The van der Waals surface area contributed by atoms with E-state index < -0.39 is 0 Å². The number of nitrogens with zero attached hydrogens (tertiary/aromatic N) is 2. The molecule has 0 aliphatic carbocycles. The van der Waals surface area contributed by atoms with Gasteiger partial charge in [-0.2, -0.15) is 10.2 Å². The number of halogens is 2. The molecule has 186 valence electrons. The molecule has 0 saturated heterocycles. The molecule has 0 amide bonds. The predicted molar refractivity (Wildman–Crippen MR) is 153 cm³/mol. The topological polar surface area (TPSA) is 81.4 Å². The third-order valence-corrected chi connectivity index (χ3v) is 5.82. The second-order valence-corrected chi connectivity index (χ2v) is 8.59. The summed E-state index contributed by atoms with van der Waals surface area (Å²) in [5, 5.41) is 21.8. The van der Waals surface area contributed by atoms with Gasteiger partial charge in [0, 0.05) is 25.2 Å². The summed E-state index contributed by atoms with van der Waals surface area (Å²) in [6.07, 6.45) is 0. The lowest BCUT2D eigenvalue weighted by Gasteiger charge is -2.07. The van der Waals surface area contributed by atoms with E-state index in [1.54, 1.807) is 0 Å². The third kappa shape index (κ3) is 6.68. The van der Waals surface area contributed by atoms with Crippen molar-refractivity contribution in [3.63, 3.8) is 0 Å². The first-order valence-electron chi connectivity index (χ1n) is 11.4. The van der Waals surface area contributed by atoms with E-state index in [0.717, 1.165) is 34.2 Å². The van der Waals surface area contributed by atoms with E-state index in [1.165, 1.54) is 22.3 Å². The number of hydrogen-bond donors (Lipinski definition) is 4. The molecule has 0 aliphatic rings. The Balaban J connectivity index is 0.00000180. The highest BCUT2D eigenvalue weighted by Gasteiger charge is 2.06. The second-order valence-electron chi connectivity index (χ2n) is 8.59. The molecule has 3 aromatic carbocycles. The minimum Gasteiger partial charge on any atom is -0.365 e. The first-order valence-corrected chi connectivity index (χ1v) is 11.4. The van der Waals surface area contributed by atoms with Crippen LogP contribution in [0, 0.1) is 13.8 Å². The van der Waals surface area contributed by atoms with Gasteiger partial charge < -0.3 is 10.6 Å².